The van der Waals surface area contributed by atoms with Crippen molar-refractivity contribution >= 4 is 29.3 Å². The summed E-state index contributed by atoms with van der Waals surface area (Å²) in [5.41, 5.74) is 4.53. The number of benzene rings is 1. The highest BCUT2D eigenvalue weighted by molar-refractivity contribution is 5.93. The Morgan fingerprint density at radius 1 is 1.19 bits per heavy atom. The number of allylic oxidation sites excluding steroid dienone is 1. The Balaban J connectivity index is 1.24. The summed E-state index contributed by atoms with van der Waals surface area (Å²) in [5, 5.41) is 2.83. The molecule has 6 heteroatoms. The van der Waals surface area contributed by atoms with E-state index in [9.17, 15) is 9.59 Å². The zero-order valence-corrected chi connectivity index (χ0v) is 17.6. The number of carbonyl (C=O) groups excluding carboxylic acids is 2. The summed E-state index contributed by atoms with van der Waals surface area (Å²) in [5.74, 6) is 1.55. The highest BCUT2D eigenvalue weighted by atomic mass is 16.2. The highest BCUT2D eigenvalue weighted by Gasteiger charge is 2.37. The fourth-order valence-electron chi connectivity index (χ4n) is 4.85. The van der Waals surface area contributed by atoms with E-state index in [2.05, 4.69) is 40.6 Å². The van der Waals surface area contributed by atoms with Crippen LogP contribution in [0.15, 0.2) is 54.7 Å². The first-order valence-corrected chi connectivity index (χ1v) is 10.8. The van der Waals surface area contributed by atoms with Gasteiger partial charge in [0.15, 0.2) is 0 Å². The molecule has 1 aliphatic carbocycles. The average molecular weight is 415 g/mol. The highest BCUT2D eigenvalue weighted by Crippen LogP contribution is 2.40. The Bertz CT molecular complexity index is 1080. The molecule has 158 valence electrons. The molecule has 6 nitrogen and oxygen atoms in total. The van der Waals surface area contributed by atoms with E-state index in [4.69, 9.17) is 0 Å². The molecule has 3 aliphatic rings. The molecular formula is C25H26N4O2. The minimum Gasteiger partial charge on any atom is -0.338 e. The number of hydrogen-bond donors (Lipinski definition) is 1. The maximum atomic E-state index is 12.8. The molecule has 2 aromatic rings. The monoisotopic (exact) mass is 414 g/mol. The molecule has 3 heterocycles. The van der Waals surface area contributed by atoms with Crippen LogP contribution in [0.4, 0.5) is 5.82 Å². The molecule has 31 heavy (non-hydrogen) atoms. The van der Waals surface area contributed by atoms with Gasteiger partial charge in [-0.25, -0.2) is 4.98 Å². The van der Waals surface area contributed by atoms with Crippen molar-refractivity contribution in [2.24, 2.45) is 11.8 Å². The van der Waals surface area contributed by atoms with Gasteiger partial charge in [-0.2, -0.15) is 0 Å². The van der Waals surface area contributed by atoms with Crippen LogP contribution in [0, 0.1) is 11.8 Å². The third kappa shape index (κ3) is 4.16. The number of hydrogen-bond acceptors (Lipinski definition) is 4. The van der Waals surface area contributed by atoms with Crippen molar-refractivity contribution in [3.8, 4) is 0 Å². The second kappa shape index (κ2) is 8.12. The Morgan fingerprint density at radius 2 is 2.03 bits per heavy atom. The summed E-state index contributed by atoms with van der Waals surface area (Å²) in [7, 11) is 1.91. The number of amides is 2. The van der Waals surface area contributed by atoms with Gasteiger partial charge < -0.3 is 10.2 Å². The summed E-state index contributed by atoms with van der Waals surface area (Å²) in [4.78, 5) is 32.9. The Labute approximate surface area is 182 Å². The van der Waals surface area contributed by atoms with Crippen LogP contribution in [0.1, 0.15) is 23.1 Å². The normalized spacial score (nSPS) is 23.3. The van der Waals surface area contributed by atoms with E-state index >= 15 is 0 Å². The summed E-state index contributed by atoms with van der Waals surface area (Å²) in [6, 6.07) is 12.5. The molecule has 0 radical (unpaired) electrons. The number of aromatic nitrogens is 1. The predicted molar refractivity (Wildman–Crippen MR) is 121 cm³/mol. The molecule has 2 unspecified atom stereocenters. The lowest BCUT2D eigenvalue weighted by Crippen LogP contribution is -2.27. The lowest BCUT2D eigenvalue weighted by atomic mass is 9.98. The largest absolute Gasteiger partial charge is 0.338 e. The van der Waals surface area contributed by atoms with Crippen LogP contribution in [-0.4, -0.2) is 53.3 Å². The van der Waals surface area contributed by atoms with E-state index in [0.717, 1.165) is 30.6 Å². The van der Waals surface area contributed by atoms with Gasteiger partial charge in [0.25, 0.3) is 0 Å². The van der Waals surface area contributed by atoms with Crippen molar-refractivity contribution in [1.82, 2.24) is 14.8 Å². The molecule has 0 spiro atoms. The van der Waals surface area contributed by atoms with E-state index in [-0.39, 0.29) is 11.8 Å². The van der Waals surface area contributed by atoms with Crippen LogP contribution in [0.25, 0.3) is 11.6 Å². The van der Waals surface area contributed by atoms with Gasteiger partial charge in [0.1, 0.15) is 5.82 Å². The summed E-state index contributed by atoms with van der Waals surface area (Å²) in [6.45, 7) is 2.57. The van der Waals surface area contributed by atoms with E-state index in [0.29, 0.717) is 30.7 Å². The molecule has 1 N–H and O–H groups in total. The third-order valence-corrected chi connectivity index (χ3v) is 6.36. The first-order chi connectivity index (χ1) is 15.0. The summed E-state index contributed by atoms with van der Waals surface area (Å²) in [6.07, 6.45) is 8.56. The van der Waals surface area contributed by atoms with Gasteiger partial charge in [-0.1, -0.05) is 36.4 Å². The number of nitrogens with one attached hydrogen (secondary N) is 1. The van der Waals surface area contributed by atoms with E-state index in [1.54, 1.807) is 12.3 Å². The molecule has 1 aromatic carbocycles. The quantitative estimate of drug-likeness (QED) is 0.784. The van der Waals surface area contributed by atoms with Crippen molar-refractivity contribution in [1.29, 1.82) is 0 Å². The number of carbonyl (C=O) groups is 2. The van der Waals surface area contributed by atoms with Crippen LogP contribution in [0.2, 0.25) is 0 Å². The molecule has 1 saturated heterocycles. The van der Waals surface area contributed by atoms with Gasteiger partial charge in [-0.3, -0.25) is 14.5 Å². The van der Waals surface area contributed by atoms with Crippen LogP contribution in [-0.2, 0) is 16.1 Å². The van der Waals surface area contributed by atoms with Gasteiger partial charge in [0.2, 0.25) is 11.8 Å². The first-order valence-electron chi connectivity index (χ1n) is 10.8. The van der Waals surface area contributed by atoms with Crippen molar-refractivity contribution in [2.75, 3.05) is 32.0 Å². The lowest BCUT2D eigenvalue weighted by molar-refractivity contribution is -0.125. The van der Waals surface area contributed by atoms with Crippen LogP contribution >= 0.6 is 0 Å². The minimum atomic E-state index is -0.0590. The molecule has 2 aliphatic heterocycles. The maximum absolute atomic E-state index is 12.8. The number of pyridine rings is 1. The standard InChI is InChI=1S/C25H26N4O2/c1-28-13-22-9-17(12-26-25(22)27-23(30)16-28)7-8-24(31)29-14-20-10-19(11-21(20)15-29)18-5-3-2-4-6-18/h2-10,12,20-21H,11,13-16H2,1H3,(H,26,27,30)/b8-7+. The number of fused-ring (bicyclic) bond motifs is 2. The zero-order valence-electron chi connectivity index (χ0n) is 17.6. The van der Waals surface area contributed by atoms with Gasteiger partial charge >= 0.3 is 0 Å². The number of nitrogens with zero attached hydrogens (tertiary/aromatic N) is 3. The van der Waals surface area contributed by atoms with E-state index in [1.165, 1.54) is 11.1 Å². The summed E-state index contributed by atoms with van der Waals surface area (Å²) >= 11 is 0. The van der Waals surface area contributed by atoms with Crippen LogP contribution in [0.3, 0.4) is 0 Å². The topological polar surface area (TPSA) is 65.5 Å². The van der Waals surface area contributed by atoms with Gasteiger partial charge in [-0.15, -0.1) is 0 Å². The second-order valence-corrected chi connectivity index (χ2v) is 8.76. The Morgan fingerprint density at radius 3 is 2.84 bits per heavy atom. The number of anilines is 1. The van der Waals surface area contributed by atoms with E-state index in [1.807, 2.05) is 35.1 Å². The second-order valence-electron chi connectivity index (χ2n) is 8.76. The predicted octanol–water partition coefficient (Wildman–Crippen LogP) is 3.04. The summed E-state index contributed by atoms with van der Waals surface area (Å²) < 4.78 is 0. The molecule has 2 amide bonds. The van der Waals surface area contributed by atoms with Gasteiger partial charge in [0.05, 0.1) is 6.54 Å². The first kappa shape index (κ1) is 19.7. The molecule has 0 bridgehead atoms. The smallest absolute Gasteiger partial charge is 0.246 e. The SMILES string of the molecule is CN1CC(=O)Nc2ncc(/C=C/C(=O)N3CC4C=C(c5ccccc5)CC4C3)cc2C1. The Kier molecular flexibility index (Phi) is 5.16. The van der Waals surface area contributed by atoms with Gasteiger partial charge in [-0.05, 0) is 54.1 Å². The minimum absolute atomic E-state index is 0.0458. The number of rotatable bonds is 3. The zero-order chi connectivity index (χ0) is 21.4. The molecular weight excluding hydrogens is 388 g/mol. The fourth-order valence-corrected chi connectivity index (χ4v) is 4.85. The van der Waals surface area contributed by atoms with E-state index < -0.39 is 0 Å². The molecule has 0 saturated carbocycles. The lowest BCUT2D eigenvalue weighted by Gasteiger charge is -2.15. The Hall–Kier alpha value is -3.25. The number of likely N-dealkylation sites (tertiary alicyclic amines) is 1. The van der Waals surface area contributed by atoms with Crippen molar-refractivity contribution in [3.05, 3.63) is 71.4 Å². The molecule has 2 atom stereocenters. The maximum Gasteiger partial charge on any atom is 0.246 e. The van der Waals surface area contributed by atoms with Crippen molar-refractivity contribution in [3.63, 3.8) is 0 Å². The van der Waals surface area contributed by atoms with Crippen LogP contribution < -0.4 is 5.32 Å². The van der Waals surface area contributed by atoms with Crippen molar-refractivity contribution < 1.29 is 9.59 Å². The van der Waals surface area contributed by atoms with Crippen molar-refractivity contribution in [2.45, 2.75) is 13.0 Å². The molecule has 5 rings (SSSR count). The molecule has 1 aromatic heterocycles. The number of likely N-dealkylation sites (N-methyl/N-ethyl adjacent to an activating group) is 1. The average Bonchev–Trinajstić information content (AvgIpc) is 3.29. The van der Waals surface area contributed by atoms with Crippen LogP contribution in [0.5, 0.6) is 0 Å². The third-order valence-electron chi connectivity index (χ3n) is 6.36. The fraction of sp³-hybridized carbons (Fsp3) is 0.320. The van der Waals surface area contributed by atoms with Gasteiger partial charge in [0, 0.05) is 37.5 Å². The molecule has 1 fully saturated rings.